The SMILES string of the molecule is CNC(=O)C1COCCN1C(=O)c1cc(Br)ccc1Cl. The lowest BCUT2D eigenvalue weighted by Gasteiger charge is -2.34. The minimum absolute atomic E-state index is 0.192. The first kappa shape index (κ1) is 15.3. The molecule has 0 aliphatic carbocycles. The van der Waals surface area contributed by atoms with E-state index in [-0.39, 0.29) is 18.4 Å². The van der Waals surface area contributed by atoms with Gasteiger partial charge in [0.15, 0.2) is 0 Å². The highest BCUT2D eigenvalue weighted by Gasteiger charge is 2.33. The highest BCUT2D eigenvalue weighted by Crippen LogP contribution is 2.24. The van der Waals surface area contributed by atoms with E-state index < -0.39 is 6.04 Å². The van der Waals surface area contributed by atoms with Gasteiger partial charge < -0.3 is 15.0 Å². The van der Waals surface area contributed by atoms with Gasteiger partial charge in [-0.25, -0.2) is 0 Å². The summed E-state index contributed by atoms with van der Waals surface area (Å²) in [4.78, 5) is 25.9. The zero-order valence-corrected chi connectivity index (χ0v) is 13.2. The van der Waals surface area contributed by atoms with Gasteiger partial charge in [-0.2, -0.15) is 0 Å². The normalized spacial score (nSPS) is 18.8. The highest BCUT2D eigenvalue weighted by atomic mass is 79.9. The van der Waals surface area contributed by atoms with Crippen LogP contribution in [0.15, 0.2) is 22.7 Å². The summed E-state index contributed by atoms with van der Waals surface area (Å²) in [6.07, 6.45) is 0. The summed E-state index contributed by atoms with van der Waals surface area (Å²) in [5.41, 5.74) is 0.372. The van der Waals surface area contributed by atoms with E-state index in [1.807, 2.05) is 0 Å². The van der Waals surface area contributed by atoms with Crippen LogP contribution in [0.4, 0.5) is 0 Å². The quantitative estimate of drug-likeness (QED) is 0.872. The molecule has 20 heavy (non-hydrogen) atoms. The Labute approximate surface area is 130 Å². The third kappa shape index (κ3) is 3.13. The molecule has 1 fully saturated rings. The van der Waals surface area contributed by atoms with E-state index in [9.17, 15) is 9.59 Å². The number of carbonyl (C=O) groups is 2. The zero-order valence-electron chi connectivity index (χ0n) is 10.9. The molecule has 1 aromatic carbocycles. The van der Waals surface area contributed by atoms with Crippen molar-refractivity contribution >= 4 is 39.3 Å². The molecule has 0 bridgehead atoms. The van der Waals surface area contributed by atoms with Crippen LogP contribution in [0.3, 0.4) is 0 Å². The van der Waals surface area contributed by atoms with E-state index in [0.29, 0.717) is 23.7 Å². The molecule has 1 atom stereocenters. The summed E-state index contributed by atoms with van der Waals surface area (Å²) in [7, 11) is 1.53. The van der Waals surface area contributed by atoms with Gasteiger partial charge in [0.2, 0.25) is 5.91 Å². The Kier molecular flexibility index (Phi) is 5.01. The lowest BCUT2D eigenvalue weighted by Crippen LogP contribution is -2.55. The van der Waals surface area contributed by atoms with Crippen molar-refractivity contribution in [2.45, 2.75) is 6.04 Å². The molecule has 1 saturated heterocycles. The molecule has 1 aliphatic rings. The molecule has 1 aliphatic heterocycles. The molecule has 7 heteroatoms. The number of ether oxygens (including phenoxy) is 1. The first-order valence-electron chi connectivity index (χ1n) is 6.10. The van der Waals surface area contributed by atoms with Gasteiger partial charge in [0.1, 0.15) is 6.04 Å². The predicted octanol–water partition coefficient (Wildman–Crippen LogP) is 1.69. The van der Waals surface area contributed by atoms with E-state index in [2.05, 4.69) is 21.2 Å². The third-order valence-corrected chi connectivity index (χ3v) is 3.92. The molecular formula is C13H14BrClN2O3. The second-order valence-corrected chi connectivity index (χ2v) is 5.65. The van der Waals surface area contributed by atoms with E-state index in [1.54, 1.807) is 18.2 Å². The molecule has 1 unspecified atom stereocenters. The number of amides is 2. The number of hydrogen-bond acceptors (Lipinski definition) is 3. The Hall–Kier alpha value is -1.11. The van der Waals surface area contributed by atoms with Crippen LogP contribution in [-0.2, 0) is 9.53 Å². The maximum Gasteiger partial charge on any atom is 0.256 e. The zero-order chi connectivity index (χ0) is 14.7. The smallest absolute Gasteiger partial charge is 0.256 e. The van der Waals surface area contributed by atoms with Crippen molar-refractivity contribution in [2.75, 3.05) is 26.8 Å². The largest absolute Gasteiger partial charge is 0.377 e. The second-order valence-electron chi connectivity index (χ2n) is 4.33. The van der Waals surface area contributed by atoms with Gasteiger partial charge in [0.25, 0.3) is 5.91 Å². The van der Waals surface area contributed by atoms with Crippen LogP contribution < -0.4 is 5.32 Å². The Morgan fingerprint density at radius 3 is 2.95 bits per heavy atom. The summed E-state index contributed by atoms with van der Waals surface area (Å²) in [6.45, 7) is 0.960. The van der Waals surface area contributed by atoms with Crippen LogP contribution >= 0.6 is 27.5 Å². The van der Waals surface area contributed by atoms with Crippen molar-refractivity contribution in [1.29, 1.82) is 0 Å². The van der Waals surface area contributed by atoms with Crippen LogP contribution in [0, 0.1) is 0 Å². The number of nitrogens with zero attached hydrogens (tertiary/aromatic N) is 1. The van der Waals surface area contributed by atoms with Crippen molar-refractivity contribution in [3.63, 3.8) is 0 Å². The van der Waals surface area contributed by atoms with Gasteiger partial charge >= 0.3 is 0 Å². The van der Waals surface area contributed by atoms with Crippen molar-refractivity contribution in [2.24, 2.45) is 0 Å². The van der Waals surface area contributed by atoms with Gasteiger partial charge in [-0.1, -0.05) is 27.5 Å². The summed E-state index contributed by atoms with van der Waals surface area (Å²) in [6, 6.07) is 4.43. The fourth-order valence-corrected chi connectivity index (χ4v) is 2.61. The highest BCUT2D eigenvalue weighted by molar-refractivity contribution is 9.10. The first-order chi connectivity index (χ1) is 9.54. The number of hydrogen-bond donors (Lipinski definition) is 1. The fraction of sp³-hybridized carbons (Fsp3) is 0.385. The lowest BCUT2D eigenvalue weighted by atomic mass is 10.1. The predicted molar refractivity (Wildman–Crippen MR) is 78.9 cm³/mol. The van der Waals surface area contributed by atoms with Crippen molar-refractivity contribution in [3.8, 4) is 0 Å². The van der Waals surface area contributed by atoms with Crippen LogP contribution in [0.25, 0.3) is 0 Å². The minimum atomic E-state index is -0.628. The number of carbonyl (C=O) groups excluding carboxylic acids is 2. The molecular weight excluding hydrogens is 348 g/mol. The average Bonchev–Trinajstić information content (AvgIpc) is 2.48. The Balaban J connectivity index is 2.30. The number of nitrogens with one attached hydrogen (secondary N) is 1. The van der Waals surface area contributed by atoms with Crippen molar-refractivity contribution < 1.29 is 14.3 Å². The van der Waals surface area contributed by atoms with Gasteiger partial charge in [0.05, 0.1) is 23.8 Å². The van der Waals surface area contributed by atoms with Crippen LogP contribution in [0.2, 0.25) is 5.02 Å². The van der Waals surface area contributed by atoms with E-state index in [1.165, 1.54) is 11.9 Å². The van der Waals surface area contributed by atoms with Gasteiger partial charge in [-0.3, -0.25) is 9.59 Å². The second kappa shape index (κ2) is 6.56. The van der Waals surface area contributed by atoms with Crippen molar-refractivity contribution in [3.05, 3.63) is 33.3 Å². The summed E-state index contributed by atoms with van der Waals surface area (Å²) < 4.78 is 6.04. The topological polar surface area (TPSA) is 58.6 Å². The molecule has 2 amide bonds. The molecule has 108 valence electrons. The molecule has 1 aromatic rings. The van der Waals surface area contributed by atoms with Crippen LogP contribution in [0.5, 0.6) is 0 Å². The molecule has 2 rings (SSSR count). The van der Waals surface area contributed by atoms with E-state index in [4.69, 9.17) is 16.3 Å². The Bertz CT molecular complexity index is 538. The van der Waals surface area contributed by atoms with E-state index >= 15 is 0 Å². The maximum atomic E-state index is 12.6. The molecule has 1 heterocycles. The molecule has 0 aromatic heterocycles. The molecule has 1 N–H and O–H groups in total. The Morgan fingerprint density at radius 2 is 2.25 bits per heavy atom. The number of likely N-dealkylation sites (N-methyl/N-ethyl adjacent to an activating group) is 1. The maximum absolute atomic E-state index is 12.6. The molecule has 5 nitrogen and oxygen atoms in total. The minimum Gasteiger partial charge on any atom is -0.377 e. The number of morpholine rings is 1. The number of benzene rings is 1. The first-order valence-corrected chi connectivity index (χ1v) is 7.27. The average molecular weight is 362 g/mol. The van der Waals surface area contributed by atoms with Gasteiger partial charge in [-0.05, 0) is 18.2 Å². The summed E-state index contributed by atoms with van der Waals surface area (Å²) >= 11 is 9.38. The molecule has 0 radical (unpaired) electrons. The molecule has 0 saturated carbocycles. The number of rotatable bonds is 2. The van der Waals surface area contributed by atoms with Gasteiger partial charge in [-0.15, -0.1) is 0 Å². The number of halogens is 2. The van der Waals surface area contributed by atoms with Crippen molar-refractivity contribution in [1.82, 2.24) is 10.2 Å². The Morgan fingerprint density at radius 1 is 1.50 bits per heavy atom. The third-order valence-electron chi connectivity index (χ3n) is 3.10. The monoisotopic (exact) mass is 360 g/mol. The van der Waals surface area contributed by atoms with E-state index in [0.717, 1.165) is 4.47 Å². The standard InChI is InChI=1S/C13H14BrClN2O3/c1-16-12(18)11-7-20-5-4-17(11)13(19)9-6-8(14)2-3-10(9)15/h2-3,6,11H,4-5,7H2,1H3,(H,16,18). The summed E-state index contributed by atoms with van der Waals surface area (Å²) in [5.74, 6) is -0.516. The lowest BCUT2D eigenvalue weighted by molar-refractivity contribution is -0.130. The van der Waals surface area contributed by atoms with Gasteiger partial charge in [0, 0.05) is 18.1 Å². The van der Waals surface area contributed by atoms with Crippen LogP contribution in [-0.4, -0.2) is 49.6 Å². The van der Waals surface area contributed by atoms with Crippen LogP contribution in [0.1, 0.15) is 10.4 Å². The summed E-state index contributed by atoms with van der Waals surface area (Å²) in [5, 5.41) is 2.90. The fourth-order valence-electron chi connectivity index (χ4n) is 2.05. The molecule has 0 spiro atoms.